The molecule has 0 aliphatic heterocycles. The highest BCUT2D eigenvalue weighted by Crippen LogP contribution is 2.32. The molecule has 0 unspecified atom stereocenters. The van der Waals surface area contributed by atoms with E-state index in [0.717, 1.165) is 18.2 Å². The molecule has 0 radical (unpaired) electrons. The Labute approximate surface area is 237 Å². The molecule has 1 aromatic heterocycles. The van der Waals surface area contributed by atoms with Crippen LogP contribution < -0.4 is 5.32 Å². The third-order valence-electron chi connectivity index (χ3n) is 6.79. The van der Waals surface area contributed by atoms with Gasteiger partial charge in [-0.3, -0.25) is 4.79 Å². The number of fused-ring (bicyclic) bond motifs is 1. The number of rotatable bonds is 7. The van der Waals surface area contributed by atoms with E-state index in [1.807, 2.05) is 6.07 Å². The van der Waals surface area contributed by atoms with Crippen molar-refractivity contribution in [3.05, 3.63) is 130 Å². The normalized spacial score (nSPS) is 11.3. The van der Waals surface area contributed by atoms with Crippen LogP contribution in [0.4, 0.5) is 17.6 Å². The minimum absolute atomic E-state index is 0.0335. The van der Waals surface area contributed by atoms with Gasteiger partial charge < -0.3 is 15.0 Å². The maximum absolute atomic E-state index is 14.3. The van der Waals surface area contributed by atoms with Crippen LogP contribution >= 0.6 is 0 Å². The molecule has 10 heteroatoms. The molecule has 0 atom stereocenters. The first-order valence-corrected chi connectivity index (χ1v) is 12.6. The molecule has 1 amide bonds. The first kappa shape index (κ1) is 28.1. The van der Waals surface area contributed by atoms with E-state index in [9.17, 15) is 37.5 Å². The fourth-order valence-electron chi connectivity index (χ4n) is 4.79. The minimum Gasteiger partial charge on any atom is -0.478 e. The molecular formula is C32H21F4N3O3. The predicted octanol–water partition coefficient (Wildman–Crippen LogP) is 7.01. The molecule has 0 spiro atoms. The number of nitrogens with one attached hydrogen (secondary N) is 1. The van der Waals surface area contributed by atoms with Gasteiger partial charge in [-0.2, -0.15) is 18.4 Å². The van der Waals surface area contributed by atoms with Gasteiger partial charge in [0.05, 0.1) is 33.8 Å². The number of benzene rings is 4. The lowest BCUT2D eigenvalue weighted by Gasteiger charge is -2.14. The van der Waals surface area contributed by atoms with Crippen LogP contribution in [0.15, 0.2) is 91.1 Å². The molecule has 0 saturated carbocycles. The Morgan fingerprint density at radius 2 is 1.62 bits per heavy atom. The van der Waals surface area contributed by atoms with E-state index in [-0.39, 0.29) is 29.8 Å². The first-order valence-electron chi connectivity index (χ1n) is 12.6. The maximum Gasteiger partial charge on any atom is 0.416 e. The highest BCUT2D eigenvalue weighted by molar-refractivity contribution is 6.08. The second-order valence-corrected chi connectivity index (χ2v) is 9.59. The van der Waals surface area contributed by atoms with Crippen LogP contribution in [-0.2, 0) is 19.3 Å². The van der Waals surface area contributed by atoms with Crippen LogP contribution in [0.3, 0.4) is 0 Å². The summed E-state index contributed by atoms with van der Waals surface area (Å²) in [6, 6.07) is 21.7. The zero-order valence-corrected chi connectivity index (χ0v) is 21.7. The number of carboxylic acids is 1. The molecule has 5 rings (SSSR count). The molecule has 0 bridgehead atoms. The maximum atomic E-state index is 14.3. The number of hydrogen-bond donors (Lipinski definition) is 2. The molecule has 210 valence electrons. The Hall–Kier alpha value is -5.43. The molecule has 6 nitrogen and oxygen atoms in total. The average molecular weight is 572 g/mol. The van der Waals surface area contributed by atoms with Crippen molar-refractivity contribution in [1.82, 2.24) is 9.88 Å². The molecule has 42 heavy (non-hydrogen) atoms. The molecule has 0 aliphatic carbocycles. The van der Waals surface area contributed by atoms with Crippen molar-refractivity contribution in [1.29, 1.82) is 5.26 Å². The fourth-order valence-corrected chi connectivity index (χ4v) is 4.79. The number of carbonyl (C=O) groups is 2. The van der Waals surface area contributed by atoms with Crippen LogP contribution in [0.1, 0.15) is 43.0 Å². The summed E-state index contributed by atoms with van der Waals surface area (Å²) in [6.45, 7) is 0.0623. The number of amides is 1. The zero-order valence-electron chi connectivity index (χ0n) is 21.7. The number of carbonyl (C=O) groups excluding carboxylic acids is 1. The summed E-state index contributed by atoms with van der Waals surface area (Å²) in [5.41, 5.74) is 1.78. The van der Waals surface area contributed by atoms with Gasteiger partial charge in [-0.15, -0.1) is 0 Å². The number of hydrogen-bond acceptors (Lipinski definition) is 3. The van der Waals surface area contributed by atoms with Gasteiger partial charge in [-0.25, -0.2) is 9.18 Å². The Morgan fingerprint density at radius 3 is 2.31 bits per heavy atom. The molecule has 2 N–H and O–H groups in total. The number of aromatic carboxylic acids is 1. The van der Waals surface area contributed by atoms with E-state index in [4.69, 9.17) is 0 Å². The number of aromatic nitrogens is 1. The molecule has 5 aromatic rings. The number of nitrogens with zero attached hydrogens (tertiary/aromatic N) is 2. The number of nitriles is 1. The third kappa shape index (κ3) is 5.86. The third-order valence-corrected chi connectivity index (χ3v) is 6.79. The smallest absolute Gasteiger partial charge is 0.416 e. The summed E-state index contributed by atoms with van der Waals surface area (Å²) in [7, 11) is 0. The second-order valence-electron chi connectivity index (χ2n) is 9.59. The van der Waals surface area contributed by atoms with E-state index >= 15 is 0 Å². The largest absolute Gasteiger partial charge is 0.478 e. The van der Waals surface area contributed by atoms with Crippen LogP contribution in [0.25, 0.3) is 22.0 Å². The molecule has 4 aromatic carbocycles. The standard InChI is InChI=1S/C32H21F4N3O3/c33-26-12-20(16-37)11-23(14-26)24-13-21-9-10-39(18-19-5-7-25(8-6-19)32(34,35)36)29(21)28(15-24)30(40)38-17-22-3-1-2-4-27(22)31(41)42/h1-15H,17-18H2,(H,38,40)(H,41,42). The summed E-state index contributed by atoms with van der Waals surface area (Å²) in [6.07, 6.45) is -2.78. The van der Waals surface area contributed by atoms with Crippen molar-refractivity contribution in [2.24, 2.45) is 0 Å². The summed E-state index contributed by atoms with van der Waals surface area (Å²) in [4.78, 5) is 25.2. The van der Waals surface area contributed by atoms with Gasteiger partial charge in [0.15, 0.2) is 0 Å². The van der Waals surface area contributed by atoms with Crippen LogP contribution in [0.5, 0.6) is 0 Å². The van der Waals surface area contributed by atoms with Crippen molar-refractivity contribution in [3.8, 4) is 17.2 Å². The van der Waals surface area contributed by atoms with E-state index in [1.54, 1.807) is 47.2 Å². The summed E-state index contributed by atoms with van der Waals surface area (Å²) in [5.74, 6) is -2.32. The van der Waals surface area contributed by atoms with E-state index in [2.05, 4.69) is 5.32 Å². The fraction of sp³-hybridized carbons (Fsp3) is 0.0938. The summed E-state index contributed by atoms with van der Waals surface area (Å²) < 4.78 is 55.1. The first-order chi connectivity index (χ1) is 20.0. The minimum atomic E-state index is -4.47. The van der Waals surface area contributed by atoms with Crippen molar-refractivity contribution in [2.45, 2.75) is 19.3 Å². The SMILES string of the molecule is N#Cc1cc(F)cc(-c2cc(C(=O)NCc3ccccc3C(=O)O)c3c(ccn3Cc3ccc(C(F)(F)F)cc3)c2)c1. The Kier molecular flexibility index (Phi) is 7.51. The summed E-state index contributed by atoms with van der Waals surface area (Å²) >= 11 is 0. The van der Waals surface area contributed by atoms with Gasteiger partial charge in [0.25, 0.3) is 5.91 Å². The highest BCUT2D eigenvalue weighted by atomic mass is 19.4. The van der Waals surface area contributed by atoms with Crippen molar-refractivity contribution in [3.63, 3.8) is 0 Å². The molecule has 0 saturated heterocycles. The van der Waals surface area contributed by atoms with Gasteiger partial charge in [0.2, 0.25) is 0 Å². The lowest BCUT2D eigenvalue weighted by atomic mass is 9.98. The van der Waals surface area contributed by atoms with Gasteiger partial charge in [-0.05, 0) is 76.9 Å². The predicted molar refractivity (Wildman–Crippen MR) is 147 cm³/mol. The Morgan fingerprint density at radius 1 is 0.905 bits per heavy atom. The highest BCUT2D eigenvalue weighted by Gasteiger charge is 2.30. The number of carboxylic acid groups (broad SMARTS) is 1. The molecular weight excluding hydrogens is 550 g/mol. The van der Waals surface area contributed by atoms with Gasteiger partial charge in [0, 0.05) is 24.7 Å². The van der Waals surface area contributed by atoms with E-state index < -0.39 is 29.4 Å². The van der Waals surface area contributed by atoms with Crippen LogP contribution in [-0.4, -0.2) is 21.6 Å². The second kappa shape index (κ2) is 11.2. The van der Waals surface area contributed by atoms with Crippen molar-refractivity contribution in [2.75, 3.05) is 0 Å². The quantitative estimate of drug-likeness (QED) is 0.205. The van der Waals surface area contributed by atoms with E-state index in [0.29, 0.717) is 33.2 Å². The zero-order chi connectivity index (χ0) is 30.0. The molecule has 0 fully saturated rings. The van der Waals surface area contributed by atoms with Crippen LogP contribution in [0, 0.1) is 17.1 Å². The van der Waals surface area contributed by atoms with Crippen LogP contribution in [0.2, 0.25) is 0 Å². The van der Waals surface area contributed by atoms with Gasteiger partial charge >= 0.3 is 12.1 Å². The monoisotopic (exact) mass is 571 g/mol. The van der Waals surface area contributed by atoms with Crippen molar-refractivity contribution < 1.29 is 32.3 Å². The number of halogens is 4. The molecule has 1 heterocycles. The Bertz CT molecular complexity index is 1870. The average Bonchev–Trinajstić information content (AvgIpc) is 3.37. The van der Waals surface area contributed by atoms with E-state index in [1.165, 1.54) is 30.3 Å². The topological polar surface area (TPSA) is 95.1 Å². The lowest BCUT2D eigenvalue weighted by molar-refractivity contribution is -0.137. The molecule has 0 aliphatic rings. The Balaban J connectivity index is 1.57. The van der Waals surface area contributed by atoms with Gasteiger partial charge in [0.1, 0.15) is 5.82 Å². The van der Waals surface area contributed by atoms with Crippen molar-refractivity contribution >= 4 is 22.8 Å². The summed E-state index contributed by atoms with van der Waals surface area (Å²) in [5, 5.41) is 22.1. The lowest BCUT2D eigenvalue weighted by Crippen LogP contribution is -2.24. The van der Waals surface area contributed by atoms with Gasteiger partial charge in [-0.1, -0.05) is 30.3 Å². The number of alkyl halides is 3.